The molecule has 84 valence electrons. The molecule has 0 aliphatic rings. The van der Waals surface area contributed by atoms with Gasteiger partial charge < -0.3 is 20.4 Å². The van der Waals surface area contributed by atoms with Gasteiger partial charge in [-0.05, 0) is 12.8 Å². The average molecular weight is 204 g/mol. The minimum absolute atomic E-state index is 0.0235. The van der Waals surface area contributed by atoms with Crippen LogP contribution in [0.3, 0.4) is 0 Å². The molecule has 0 aromatic rings. The van der Waals surface area contributed by atoms with Crippen LogP contribution in [0.2, 0.25) is 0 Å². The van der Waals surface area contributed by atoms with Crippen molar-refractivity contribution < 1.29 is 20.4 Å². The minimum atomic E-state index is -0.104. The highest BCUT2D eigenvalue weighted by atomic mass is 16.3. The lowest BCUT2D eigenvalue weighted by Crippen LogP contribution is -2.10. The smallest absolute Gasteiger partial charge is 0.0484 e. The fraction of sp³-hybridized carbons (Fsp3) is 0.800. The summed E-state index contributed by atoms with van der Waals surface area (Å²) in [5.41, 5.74) is 0. The lowest BCUT2D eigenvalue weighted by Gasteiger charge is -2.08. The second kappa shape index (κ2) is 9.15. The molecular weight excluding hydrogens is 184 g/mol. The van der Waals surface area contributed by atoms with Crippen LogP contribution in [0, 0.1) is 11.8 Å². The topological polar surface area (TPSA) is 80.9 Å². The van der Waals surface area contributed by atoms with Gasteiger partial charge >= 0.3 is 0 Å². The van der Waals surface area contributed by atoms with Gasteiger partial charge in [-0.1, -0.05) is 12.2 Å². The van der Waals surface area contributed by atoms with Crippen LogP contribution in [-0.4, -0.2) is 46.9 Å². The van der Waals surface area contributed by atoms with Gasteiger partial charge in [-0.3, -0.25) is 0 Å². The van der Waals surface area contributed by atoms with Crippen LogP contribution in [0.1, 0.15) is 12.8 Å². The Balaban J connectivity index is 3.61. The van der Waals surface area contributed by atoms with E-state index in [1.54, 1.807) is 0 Å². The van der Waals surface area contributed by atoms with E-state index in [-0.39, 0.29) is 38.3 Å². The zero-order valence-corrected chi connectivity index (χ0v) is 8.34. The maximum absolute atomic E-state index is 8.75. The molecule has 0 saturated heterocycles. The number of allylic oxidation sites excluding steroid dienone is 2. The third-order valence-corrected chi connectivity index (χ3v) is 2.14. The zero-order chi connectivity index (χ0) is 10.8. The first kappa shape index (κ1) is 13.6. The van der Waals surface area contributed by atoms with Crippen molar-refractivity contribution in [3.63, 3.8) is 0 Å². The third-order valence-electron chi connectivity index (χ3n) is 2.14. The molecule has 0 amide bonds. The Labute approximate surface area is 84.5 Å². The molecule has 0 aromatic heterocycles. The van der Waals surface area contributed by atoms with Gasteiger partial charge in [0, 0.05) is 38.3 Å². The highest BCUT2D eigenvalue weighted by molar-refractivity contribution is 4.85. The molecule has 0 aromatic carbocycles. The maximum Gasteiger partial charge on any atom is 0.0484 e. The minimum Gasteiger partial charge on any atom is -0.396 e. The number of rotatable bonds is 8. The van der Waals surface area contributed by atoms with Crippen LogP contribution in [0.4, 0.5) is 0 Å². The molecule has 0 aliphatic carbocycles. The molecule has 14 heavy (non-hydrogen) atoms. The Morgan fingerprint density at radius 2 is 0.929 bits per heavy atom. The van der Waals surface area contributed by atoms with E-state index in [0.717, 1.165) is 0 Å². The monoisotopic (exact) mass is 204 g/mol. The summed E-state index contributed by atoms with van der Waals surface area (Å²) in [7, 11) is 0. The molecule has 0 fully saturated rings. The summed E-state index contributed by atoms with van der Waals surface area (Å²) in [4.78, 5) is 0. The van der Waals surface area contributed by atoms with E-state index >= 15 is 0 Å². The van der Waals surface area contributed by atoms with E-state index in [9.17, 15) is 0 Å². The van der Waals surface area contributed by atoms with Gasteiger partial charge in [0.05, 0.1) is 0 Å². The molecule has 0 rings (SSSR count). The fourth-order valence-electron chi connectivity index (χ4n) is 0.991. The molecule has 0 aliphatic heterocycles. The van der Waals surface area contributed by atoms with Gasteiger partial charge in [-0.25, -0.2) is 0 Å². The standard InChI is InChI=1S/C10H20O4/c11-5-9(6-12)3-1-2-4-10(7-13)8-14/h1-2,9-14H,3-8H2. The summed E-state index contributed by atoms with van der Waals surface area (Å²) >= 11 is 0. The predicted molar refractivity (Wildman–Crippen MR) is 53.7 cm³/mol. The van der Waals surface area contributed by atoms with Crippen LogP contribution < -0.4 is 0 Å². The Bertz CT molecular complexity index is 123. The summed E-state index contributed by atoms with van der Waals surface area (Å²) in [5.74, 6) is -0.207. The number of hydrogen-bond acceptors (Lipinski definition) is 4. The largest absolute Gasteiger partial charge is 0.396 e. The quantitative estimate of drug-likeness (QED) is 0.403. The molecule has 4 N–H and O–H groups in total. The van der Waals surface area contributed by atoms with Crippen molar-refractivity contribution in [1.29, 1.82) is 0 Å². The van der Waals surface area contributed by atoms with Crippen LogP contribution in [-0.2, 0) is 0 Å². The first-order chi connectivity index (χ1) is 6.78. The molecule has 0 atom stereocenters. The number of aliphatic hydroxyl groups is 4. The van der Waals surface area contributed by atoms with E-state index in [1.165, 1.54) is 0 Å². The highest BCUT2D eigenvalue weighted by Crippen LogP contribution is 2.05. The lowest BCUT2D eigenvalue weighted by molar-refractivity contribution is 0.149. The second-order valence-corrected chi connectivity index (χ2v) is 3.41. The summed E-state index contributed by atoms with van der Waals surface area (Å²) in [6.07, 6.45) is 4.96. The van der Waals surface area contributed by atoms with Gasteiger partial charge in [-0.2, -0.15) is 0 Å². The van der Waals surface area contributed by atoms with Crippen LogP contribution in [0.15, 0.2) is 12.2 Å². The molecule has 0 radical (unpaired) electrons. The summed E-state index contributed by atoms with van der Waals surface area (Å²) < 4.78 is 0. The molecule has 4 heteroatoms. The van der Waals surface area contributed by atoms with E-state index in [1.807, 2.05) is 12.2 Å². The van der Waals surface area contributed by atoms with Gasteiger partial charge in [0.1, 0.15) is 0 Å². The maximum atomic E-state index is 8.75. The first-order valence-corrected chi connectivity index (χ1v) is 4.86. The van der Waals surface area contributed by atoms with E-state index in [4.69, 9.17) is 20.4 Å². The molecule has 0 spiro atoms. The van der Waals surface area contributed by atoms with Crippen molar-refractivity contribution in [2.75, 3.05) is 26.4 Å². The summed E-state index contributed by atoms with van der Waals surface area (Å²) in [6.45, 7) is -0.0942. The SMILES string of the molecule is OCC(CO)CC=CCC(CO)CO. The van der Waals surface area contributed by atoms with Gasteiger partial charge in [-0.15, -0.1) is 0 Å². The average Bonchev–Trinajstić information content (AvgIpc) is 2.24. The van der Waals surface area contributed by atoms with Crippen LogP contribution in [0.5, 0.6) is 0 Å². The van der Waals surface area contributed by atoms with E-state index in [2.05, 4.69) is 0 Å². The Hall–Kier alpha value is -0.420. The fourth-order valence-corrected chi connectivity index (χ4v) is 0.991. The van der Waals surface area contributed by atoms with Crippen molar-refractivity contribution in [1.82, 2.24) is 0 Å². The molecule has 0 saturated carbocycles. The predicted octanol–water partition coefficient (Wildman–Crippen LogP) is -0.476. The van der Waals surface area contributed by atoms with Crippen LogP contribution in [0.25, 0.3) is 0 Å². The van der Waals surface area contributed by atoms with Crippen LogP contribution >= 0.6 is 0 Å². The van der Waals surface area contributed by atoms with Gasteiger partial charge in [0.2, 0.25) is 0 Å². The summed E-state index contributed by atoms with van der Waals surface area (Å²) in [6, 6.07) is 0. The van der Waals surface area contributed by atoms with Crippen molar-refractivity contribution in [3.05, 3.63) is 12.2 Å². The molecule has 4 nitrogen and oxygen atoms in total. The highest BCUT2D eigenvalue weighted by Gasteiger charge is 2.04. The van der Waals surface area contributed by atoms with Crippen molar-refractivity contribution in [2.45, 2.75) is 12.8 Å². The Morgan fingerprint density at radius 1 is 0.643 bits per heavy atom. The number of aliphatic hydroxyl groups excluding tert-OH is 4. The molecule has 0 heterocycles. The Kier molecular flexibility index (Phi) is 8.87. The zero-order valence-electron chi connectivity index (χ0n) is 8.34. The van der Waals surface area contributed by atoms with E-state index in [0.29, 0.717) is 12.8 Å². The molecular formula is C10H20O4. The van der Waals surface area contributed by atoms with Crippen molar-refractivity contribution in [2.24, 2.45) is 11.8 Å². The summed E-state index contributed by atoms with van der Waals surface area (Å²) in [5, 5.41) is 35.0. The van der Waals surface area contributed by atoms with Gasteiger partial charge in [0.15, 0.2) is 0 Å². The van der Waals surface area contributed by atoms with Crippen molar-refractivity contribution >= 4 is 0 Å². The molecule has 0 bridgehead atoms. The van der Waals surface area contributed by atoms with E-state index < -0.39 is 0 Å². The van der Waals surface area contributed by atoms with Crippen molar-refractivity contribution in [3.8, 4) is 0 Å². The first-order valence-electron chi connectivity index (χ1n) is 4.86. The Morgan fingerprint density at radius 3 is 1.14 bits per heavy atom. The van der Waals surface area contributed by atoms with Gasteiger partial charge in [0.25, 0.3) is 0 Å². The second-order valence-electron chi connectivity index (χ2n) is 3.41. The molecule has 0 unspecified atom stereocenters. The lowest BCUT2D eigenvalue weighted by atomic mass is 10.0. The number of hydrogen-bond donors (Lipinski definition) is 4. The third kappa shape index (κ3) is 6.10. The normalized spacial score (nSPS) is 12.1.